The molecule has 2 atom stereocenters. The van der Waals surface area contributed by atoms with Gasteiger partial charge in [0.05, 0.1) is 0 Å². The SMILES string of the molecule is CCCc1cc(C(O)(C(F)(F)F)C(F)(F)F)ccc1N1CCN(C(=O)CN2C(=O)N[C@](C)(c3ccc4c(c3)OCCO4)C2=O)CC1C. The van der Waals surface area contributed by atoms with Crippen LogP contribution in [0.2, 0.25) is 0 Å². The highest BCUT2D eigenvalue weighted by molar-refractivity contribution is 6.09. The average molecular weight is 673 g/mol. The van der Waals surface area contributed by atoms with Crippen molar-refractivity contribution in [2.45, 2.75) is 63.1 Å². The second-order valence-corrected chi connectivity index (χ2v) is 12.0. The molecule has 2 aromatic carbocycles. The Morgan fingerprint density at radius 2 is 1.66 bits per heavy atom. The summed E-state index contributed by atoms with van der Waals surface area (Å²) in [5.41, 5.74) is -6.84. The quantitative estimate of drug-likeness (QED) is 0.335. The van der Waals surface area contributed by atoms with E-state index in [1.165, 1.54) is 11.8 Å². The maximum atomic E-state index is 13.5. The lowest BCUT2D eigenvalue weighted by Crippen LogP contribution is -2.56. The first kappa shape index (κ1) is 34.1. The Hall–Kier alpha value is -4.21. The van der Waals surface area contributed by atoms with Gasteiger partial charge in [-0.2, -0.15) is 26.3 Å². The zero-order chi connectivity index (χ0) is 34.5. The van der Waals surface area contributed by atoms with Crippen LogP contribution >= 0.6 is 0 Å². The summed E-state index contributed by atoms with van der Waals surface area (Å²) in [5.74, 6) is -0.230. The second-order valence-electron chi connectivity index (χ2n) is 12.0. The van der Waals surface area contributed by atoms with Crippen molar-refractivity contribution in [3.8, 4) is 11.5 Å². The number of amides is 4. The molecule has 5 rings (SSSR count). The second kappa shape index (κ2) is 12.1. The summed E-state index contributed by atoms with van der Waals surface area (Å²) in [5, 5.41) is 12.6. The van der Waals surface area contributed by atoms with Gasteiger partial charge >= 0.3 is 18.4 Å². The van der Waals surface area contributed by atoms with Crippen LogP contribution in [0.3, 0.4) is 0 Å². The van der Waals surface area contributed by atoms with Crippen LogP contribution in [0.25, 0.3) is 0 Å². The topological polar surface area (TPSA) is 112 Å². The number of imide groups is 1. The van der Waals surface area contributed by atoms with Crippen molar-refractivity contribution in [2.24, 2.45) is 0 Å². The number of hydrogen-bond donors (Lipinski definition) is 2. The number of benzene rings is 2. The lowest BCUT2D eigenvalue weighted by atomic mass is 9.89. The highest BCUT2D eigenvalue weighted by atomic mass is 19.4. The summed E-state index contributed by atoms with van der Waals surface area (Å²) >= 11 is 0. The summed E-state index contributed by atoms with van der Waals surface area (Å²) in [7, 11) is 0. The minimum absolute atomic E-state index is 0.101. The molecule has 16 heteroatoms. The van der Waals surface area contributed by atoms with E-state index in [4.69, 9.17) is 9.47 Å². The van der Waals surface area contributed by atoms with Crippen molar-refractivity contribution >= 4 is 23.5 Å². The number of aryl methyl sites for hydroxylation is 1. The van der Waals surface area contributed by atoms with Crippen LogP contribution in [0, 0.1) is 0 Å². The standard InChI is InChI=1S/C31H34F6N4O6/c1-4-5-19-14-21(29(45,30(32,33)34)31(35,36)37)6-8-22(19)40-11-10-39(16-18(40)2)25(42)17-41-26(43)28(3,38-27(41)44)20-7-9-23-24(15-20)47-13-12-46-23/h6-9,14-15,18,45H,4-5,10-13,16-17H2,1-3H3,(H,38,44)/t18?,28-/m1/s1. The number of fused-ring (bicyclic) bond motifs is 1. The van der Waals surface area contributed by atoms with E-state index in [1.54, 1.807) is 36.9 Å². The Morgan fingerprint density at radius 1 is 1.00 bits per heavy atom. The molecule has 47 heavy (non-hydrogen) atoms. The Kier molecular flexibility index (Phi) is 8.79. The van der Waals surface area contributed by atoms with Crippen molar-refractivity contribution in [3.05, 3.63) is 53.1 Å². The molecule has 3 aliphatic rings. The predicted octanol–water partition coefficient (Wildman–Crippen LogP) is 4.23. The molecule has 0 spiro atoms. The van der Waals surface area contributed by atoms with Crippen molar-refractivity contribution < 1.29 is 55.3 Å². The fourth-order valence-electron chi connectivity index (χ4n) is 6.22. The highest BCUT2D eigenvalue weighted by Gasteiger charge is 2.71. The zero-order valence-corrected chi connectivity index (χ0v) is 25.8. The number of hydrogen-bond acceptors (Lipinski definition) is 7. The van der Waals surface area contributed by atoms with Crippen LogP contribution in [0.1, 0.15) is 43.9 Å². The Morgan fingerprint density at radius 3 is 2.28 bits per heavy atom. The van der Waals surface area contributed by atoms with Crippen LogP contribution in [-0.4, -0.2) is 90.5 Å². The van der Waals surface area contributed by atoms with Gasteiger partial charge in [-0.15, -0.1) is 0 Å². The van der Waals surface area contributed by atoms with E-state index in [0.29, 0.717) is 48.5 Å². The van der Waals surface area contributed by atoms with Gasteiger partial charge < -0.3 is 29.7 Å². The van der Waals surface area contributed by atoms with Crippen LogP contribution in [0.4, 0.5) is 36.8 Å². The molecule has 2 saturated heterocycles. The smallest absolute Gasteiger partial charge is 0.430 e. The largest absolute Gasteiger partial charge is 0.486 e. The first-order valence-electron chi connectivity index (χ1n) is 15.0. The normalized spacial score (nSPS) is 22.1. The molecule has 3 heterocycles. The maximum Gasteiger partial charge on any atom is 0.430 e. The van der Waals surface area contributed by atoms with E-state index in [9.17, 15) is 45.8 Å². The fourth-order valence-corrected chi connectivity index (χ4v) is 6.22. The minimum atomic E-state index is -6.01. The third-order valence-corrected chi connectivity index (χ3v) is 8.81. The Balaban J connectivity index is 1.30. The first-order chi connectivity index (χ1) is 21.9. The van der Waals surface area contributed by atoms with Gasteiger partial charge in [-0.05, 0) is 49.6 Å². The number of halogens is 6. The molecule has 2 fully saturated rings. The number of nitrogens with zero attached hydrogens (tertiary/aromatic N) is 3. The van der Waals surface area contributed by atoms with Crippen molar-refractivity contribution in [1.29, 1.82) is 0 Å². The summed E-state index contributed by atoms with van der Waals surface area (Å²) in [6.45, 7) is 5.50. The van der Waals surface area contributed by atoms with Gasteiger partial charge in [0.2, 0.25) is 5.91 Å². The number of urea groups is 1. The van der Waals surface area contributed by atoms with Gasteiger partial charge in [-0.3, -0.25) is 14.5 Å². The molecule has 0 saturated carbocycles. The number of nitrogens with one attached hydrogen (secondary N) is 1. The first-order valence-corrected chi connectivity index (χ1v) is 15.0. The van der Waals surface area contributed by atoms with E-state index in [0.717, 1.165) is 17.0 Å². The van der Waals surface area contributed by atoms with E-state index in [1.807, 2.05) is 0 Å². The molecule has 256 valence electrons. The Labute approximate surface area is 266 Å². The lowest BCUT2D eigenvalue weighted by molar-refractivity contribution is -0.376. The van der Waals surface area contributed by atoms with Crippen LogP contribution in [0.15, 0.2) is 36.4 Å². The lowest BCUT2D eigenvalue weighted by Gasteiger charge is -2.42. The number of rotatable bonds is 7. The van der Waals surface area contributed by atoms with Crippen molar-refractivity contribution in [1.82, 2.24) is 15.1 Å². The number of anilines is 1. The number of piperazine rings is 1. The van der Waals surface area contributed by atoms with Crippen molar-refractivity contribution in [3.63, 3.8) is 0 Å². The van der Waals surface area contributed by atoms with E-state index < -0.39 is 59.5 Å². The van der Waals surface area contributed by atoms with Gasteiger partial charge in [0, 0.05) is 36.9 Å². The molecular weight excluding hydrogens is 638 g/mol. The third kappa shape index (κ3) is 5.91. The van der Waals surface area contributed by atoms with Gasteiger partial charge in [-0.1, -0.05) is 31.5 Å². The molecule has 2 N–H and O–H groups in total. The summed E-state index contributed by atoms with van der Waals surface area (Å²) < 4.78 is 92.4. The number of alkyl halides is 6. The molecule has 0 radical (unpaired) electrons. The molecule has 1 unspecified atom stereocenters. The van der Waals surface area contributed by atoms with Gasteiger partial charge in [0.15, 0.2) is 11.5 Å². The number of ether oxygens (including phenoxy) is 2. The number of carbonyl (C=O) groups is 3. The van der Waals surface area contributed by atoms with E-state index >= 15 is 0 Å². The molecular formula is C31H34F6N4O6. The molecule has 0 bridgehead atoms. The average Bonchev–Trinajstić information content (AvgIpc) is 3.23. The predicted molar refractivity (Wildman–Crippen MR) is 155 cm³/mol. The monoisotopic (exact) mass is 672 g/mol. The summed E-state index contributed by atoms with van der Waals surface area (Å²) in [6, 6.07) is 6.16. The van der Waals surface area contributed by atoms with E-state index in [-0.39, 0.29) is 31.6 Å². The number of carbonyl (C=O) groups excluding carboxylic acids is 3. The van der Waals surface area contributed by atoms with Crippen LogP contribution < -0.4 is 19.7 Å². The highest BCUT2D eigenvalue weighted by Crippen LogP contribution is 2.50. The summed E-state index contributed by atoms with van der Waals surface area (Å²) in [6.07, 6.45) is -11.5. The zero-order valence-electron chi connectivity index (χ0n) is 25.8. The molecule has 2 aromatic rings. The van der Waals surface area contributed by atoms with Gasteiger partial charge in [-0.25, -0.2) is 4.79 Å². The molecule has 0 aromatic heterocycles. The van der Waals surface area contributed by atoms with E-state index in [2.05, 4.69) is 5.32 Å². The minimum Gasteiger partial charge on any atom is -0.486 e. The van der Waals surface area contributed by atoms with Crippen molar-refractivity contribution in [2.75, 3.05) is 44.3 Å². The van der Waals surface area contributed by atoms with Crippen LogP contribution in [0.5, 0.6) is 11.5 Å². The molecule has 3 aliphatic heterocycles. The van der Waals surface area contributed by atoms with Crippen LogP contribution in [-0.2, 0) is 27.1 Å². The summed E-state index contributed by atoms with van der Waals surface area (Å²) in [4.78, 5) is 43.8. The van der Waals surface area contributed by atoms with Gasteiger partial charge in [0.25, 0.3) is 11.5 Å². The Bertz CT molecular complexity index is 1550. The molecule has 4 amide bonds. The molecule has 0 aliphatic carbocycles. The number of aliphatic hydroxyl groups is 1. The fraction of sp³-hybridized carbons (Fsp3) is 0.516. The third-order valence-electron chi connectivity index (χ3n) is 8.81. The van der Waals surface area contributed by atoms with Gasteiger partial charge in [0.1, 0.15) is 25.3 Å². The maximum absolute atomic E-state index is 13.5. The molecule has 10 nitrogen and oxygen atoms in total.